The molecule has 2 nitrogen and oxygen atoms in total. The number of rotatable bonds is 1. The quantitative estimate of drug-likeness (QED) is 0.650. The number of aliphatic hydroxyl groups excluding tert-OH is 1. The molecule has 3 heteroatoms. The van der Waals surface area contributed by atoms with Crippen molar-refractivity contribution >= 4 is 11.8 Å². The Balaban J connectivity index is 1.94. The first-order valence-electron chi connectivity index (χ1n) is 4.87. The van der Waals surface area contributed by atoms with Crippen LogP contribution in [-0.4, -0.2) is 28.4 Å². The monoisotopic (exact) mass is 187 g/mol. The highest BCUT2D eigenvalue weighted by atomic mass is 32.2. The molecule has 0 aromatic heterocycles. The van der Waals surface area contributed by atoms with Gasteiger partial charge in [0.1, 0.15) is 0 Å². The summed E-state index contributed by atoms with van der Waals surface area (Å²) in [6, 6.07) is 0.355. The Morgan fingerprint density at radius 2 is 2.08 bits per heavy atom. The molecule has 2 N–H and O–H groups in total. The standard InChI is InChI=1S/C9H17NOS/c11-6-8-7-12-9(10-8)4-2-1-3-5-9/h8,10-11H,1-7H2. The molecule has 1 unspecified atom stereocenters. The van der Waals surface area contributed by atoms with Gasteiger partial charge >= 0.3 is 0 Å². The Labute approximate surface area is 78.1 Å². The van der Waals surface area contributed by atoms with E-state index in [1.165, 1.54) is 32.1 Å². The van der Waals surface area contributed by atoms with Gasteiger partial charge in [0.2, 0.25) is 0 Å². The number of hydrogen-bond donors (Lipinski definition) is 2. The Morgan fingerprint density at radius 3 is 2.67 bits per heavy atom. The average Bonchev–Trinajstić information content (AvgIpc) is 2.50. The van der Waals surface area contributed by atoms with E-state index in [1.54, 1.807) is 0 Å². The maximum Gasteiger partial charge on any atom is 0.0648 e. The zero-order valence-electron chi connectivity index (χ0n) is 7.38. The van der Waals surface area contributed by atoms with Crippen molar-refractivity contribution in [3.63, 3.8) is 0 Å². The summed E-state index contributed by atoms with van der Waals surface area (Å²) in [5, 5.41) is 12.6. The second-order valence-electron chi connectivity index (χ2n) is 3.89. The van der Waals surface area contributed by atoms with Crippen molar-refractivity contribution in [2.75, 3.05) is 12.4 Å². The minimum Gasteiger partial charge on any atom is -0.395 e. The minimum atomic E-state index is 0.300. The first kappa shape index (κ1) is 8.85. The van der Waals surface area contributed by atoms with Crippen LogP contribution in [0, 0.1) is 0 Å². The van der Waals surface area contributed by atoms with Crippen LogP contribution in [0.4, 0.5) is 0 Å². The molecular formula is C9H17NOS. The highest BCUT2D eigenvalue weighted by Gasteiger charge is 2.39. The van der Waals surface area contributed by atoms with Gasteiger partial charge < -0.3 is 5.11 Å². The largest absolute Gasteiger partial charge is 0.395 e. The summed E-state index contributed by atoms with van der Waals surface area (Å²) in [6.45, 7) is 0.300. The Hall–Kier alpha value is 0.270. The van der Waals surface area contributed by atoms with Crippen molar-refractivity contribution in [2.24, 2.45) is 0 Å². The molecule has 0 aromatic carbocycles. The number of nitrogens with one attached hydrogen (secondary N) is 1. The van der Waals surface area contributed by atoms with Gasteiger partial charge in [-0.2, -0.15) is 0 Å². The topological polar surface area (TPSA) is 32.3 Å². The van der Waals surface area contributed by atoms with Crippen LogP contribution in [-0.2, 0) is 0 Å². The molecule has 2 fully saturated rings. The fourth-order valence-corrected chi connectivity index (χ4v) is 3.76. The normalized spacial score (nSPS) is 34.2. The van der Waals surface area contributed by atoms with Crippen LogP contribution >= 0.6 is 11.8 Å². The Morgan fingerprint density at radius 1 is 1.33 bits per heavy atom. The third-order valence-corrected chi connectivity index (χ3v) is 4.56. The molecule has 12 heavy (non-hydrogen) atoms. The lowest BCUT2D eigenvalue weighted by molar-refractivity contribution is 0.231. The molecule has 0 bridgehead atoms. The van der Waals surface area contributed by atoms with Crippen molar-refractivity contribution in [1.29, 1.82) is 0 Å². The molecular weight excluding hydrogens is 170 g/mol. The van der Waals surface area contributed by atoms with Gasteiger partial charge in [0.25, 0.3) is 0 Å². The summed E-state index contributed by atoms with van der Waals surface area (Å²) in [6.07, 6.45) is 6.71. The summed E-state index contributed by atoms with van der Waals surface area (Å²) in [5.74, 6) is 1.09. The van der Waals surface area contributed by atoms with Crippen LogP contribution < -0.4 is 5.32 Å². The van der Waals surface area contributed by atoms with Crippen LogP contribution in [0.3, 0.4) is 0 Å². The molecule has 1 heterocycles. The number of thioether (sulfide) groups is 1. The smallest absolute Gasteiger partial charge is 0.0648 e. The first-order chi connectivity index (χ1) is 5.85. The maximum atomic E-state index is 9.00. The SMILES string of the molecule is OCC1CSC2(CCCCC2)N1. The van der Waals surface area contributed by atoms with Gasteiger partial charge in [0.05, 0.1) is 11.5 Å². The molecule has 1 saturated carbocycles. The first-order valence-corrected chi connectivity index (χ1v) is 5.86. The predicted octanol–water partition coefficient (Wildman–Crippen LogP) is 1.34. The summed E-state index contributed by atoms with van der Waals surface area (Å²) in [7, 11) is 0. The second kappa shape index (κ2) is 3.56. The van der Waals surface area contributed by atoms with Gasteiger partial charge in [-0.25, -0.2) is 0 Å². The van der Waals surface area contributed by atoms with Crippen LogP contribution in [0.1, 0.15) is 32.1 Å². The predicted molar refractivity (Wildman–Crippen MR) is 52.3 cm³/mol. The van der Waals surface area contributed by atoms with Gasteiger partial charge in [0, 0.05) is 11.8 Å². The van der Waals surface area contributed by atoms with Crippen LogP contribution in [0.15, 0.2) is 0 Å². The van der Waals surface area contributed by atoms with E-state index in [0.29, 0.717) is 17.5 Å². The van der Waals surface area contributed by atoms with E-state index in [4.69, 9.17) is 5.11 Å². The number of hydrogen-bond acceptors (Lipinski definition) is 3. The van der Waals surface area contributed by atoms with Crippen molar-refractivity contribution in [3.8, 4) is 0 Å². The van der Waals surface area contributed by atoms with Gasteiger partial charge in [-0.3, -0.25) is 5.32 Å². The molecule has 1 aliphatic carbocycles. The molecule has 1 saturated heterocycles. The van der Waals surface area contributed by atoms with Gasteiger partial charge in [-0.1, -0.05) is 19.3 Å². The molecule has 1 spiro atoms. The third-order valence-electron chi connectivity index (χ3n) is 2.91. The van der Waals surface area contributed by atoms with Gasteiger partial charge in [-0.15, -0.1) is 11.8 Å². The molecule has 70 valence electrons. The van der Waals surface area contributed by atoms with Crippen LogP contribution in [0.2, 0.25) is 0 Å². The average molecular weight is 187 g/mol. The Kier molecular flexibility index (Phi) is 2.63. The summed E-state index contributed by atoms with van der Waals surface area (Å²) < 4.78 is 0. The molecule has 0 radical (unpaired) electrons. The molecule has 2 rings (SSSR count). The van der Waals surface area contributed by atoms with Gasteiger partial charge in [-0.05, 0) is 12.8 Å². The van der Waals surface area contributed by atoms with E-state index < -0.39 is 0 Å². The lowest BCUT2D eigenvalue weighted by Gasteiger charge is -2.33. The molecule has 0 aromatic rings. The zero-order chi connectivity index (χ0) is 8.44. The lowest BCUT2D eigenvalue weighted by atomic mass is 9.94. The van der Waals surface area contributed by atoms with E-state index in [1.807, 2.05) is 11.8 Å². The van der Waals surface area contributed by atoms with Crippen LogP contribution in [0.25, 0.3) is 0 Å². The van der Waals surface area contributed by atoms with Crippen LogP contribution in [0.5, 0.6) is 0 Å². The zero-order valence-corrected chi connectivity index (χ0v) is 8.20. The minimum absolute atomic E-state index is 0.300. The van der Waals surface area contributed by atoms with E-state index in [0.717, 1.165) is 5.75 Å². The van der Waals surface area contributed by atoms with Crippen molar-refractivity contribution < 1.29 is 5.11 Å². The van der Waals surface area contributed by atoms with E-state index >= 15 is 0 Å². The lowest BCUT2D eigenvalue weighted by Crippen LogP contribution is -2.44. The Bertz CT molecular complexity index is 157. The van der Waals surface area contributed by atoms with Crippen molar-refractivity contribution in [3.05, 3.63) is 0 Å². The summed E-state index contributed by atoms with van der Waals surface area (Å²) >= 11 is 2.03. The summed E-state index contributed by atoms with van der Waals surface area (Å²) in [4.78, 5) is 0.353. The van der Waals surface area contributed by atoms with E-state index in [9.17, 15) is 0 Å². The number of aliphatic hydroxyl groups is 1. The van der Waals surface area contributed by atoms with E-state index in [2.05, 4.69) is 5.32 Å². The molecule has 1 aliphatic heterocycles. The molecule has 2 aliphatic rings. The third kappa shape index (κ3) is 1.63. The molecule has 1 atom stereocenters. The highest BCUT2D eigenvalue weighted by Crippen LogP contribution is 2.41. The van der Waals surface area contributed by atoms with Crippen molar-refractivity contribution in [2.45, 2.75) is 43.0 Å². The van der Waals surface area contributed by atoms with Crippen molar-refractivity contribution in [1.82, 2.24) is 5.32 Å². The summed E-state index contributed by atoms with van der Waals surface area (Å²) in [5.41, 5.74) is 0. The maximum absolute atomic E-state index is 9.00. The van der Waals surface area contributed by atoms with Gasteiger partial charge in [0.15, 0.2) is 0 Å². The fraction of sp³-hybridized carbons (Fsp3) is 1.00. The fourth-order valence-electron chi connectivity index (χ4n) is 2.23. The second-order valence-corrected chi connectivity index (χ2v) is 5.29. The van der Waals surface area contributed by atoms with E-state index in [-0.39, 0.29) is 0 Å². The molecule has 0 amide bonds. The highest BCUT2D eigenvalue weighted by molar-refractivity contribution is 8.00.